The van der Waals surface area contributed by atoms with Crippen molar-refractivity contribution in [3.05, 3.63) is 23.8 Å². The van der Waals surface area contributed by atoms with Crippen molar-refractivity contribution in [1.82, 2.24) is 0 Å². The van der Waals surface area contributed by atoms with Crippen LogP contribution < -0.4 is 11.1 Å². The van der Waals surface area contributed by atoms with E-state index >= 15 is 0 Å². The lowest BCUT2D eigenvalue weighted by Gasteiger charge is -2.31. The lowest BCUT2D eigenvalue weighted by atomic mass is 9.82. The van der Waals surface area contributed by atoms with Gasteiger partial charge < -0.3 is 16.2 Å². The molecule has 90 valence electrons. The van der Waals surface area contributed by atoms with Crippen molar-refractivity contribution in [2.75, 3.05) is 17.6 Å². The number of nitrogens with two attached hydrogens (primary N) is 1. The summed E-state index contributed by atoms with van der Waals surface area (Å²) in [4.78, 5) is 0. The van der Waals surface area contributed by atoms with E-state index < -0.39 is 0 Å². The SMILES string of the molecule is N#CCc1cc(NCC2CC(O)C2)ccc1N. The molecule has 0 heterocycles. The molecule has 0 atom stereocenters. The van der Waals surface area contributed by atoms with E-state index in [9.17, 15) is 5.11 Å². The fourth-order valence-electron chi connectivity index (χ4n) is 2.08. The first-order chi connectivity index (χ1) is 8.19. The number of aliphatic hydroxyl groups is 1. The van der Waals surface area contributed by atoms with Crippen LogP contribution in [0.2, 0.25) is 0 Å². The van der Waals surface area contributed by atoms with Crippen LogP contribution in [0.3, 0.4) is 0 Å². The van der Waals surface area contributed by atoms with Crippen LogP contribution >= 0.6 is 0 Å². The highest BCUT2D eigenvalue weighted by molar-refractivity contribution is 5.58. The molecular weight excluding hydrogens is 214 g/mol. The second kappa shape index (κ2) is 5.07. The van der Waals surface area contributed by atoms with E-state index in [-0.39, 0.29) is 6.10 Å². The van der Waals surface area contributed by atoms with Crippen molar-refractivity contribution >= 4 is 11.4 Å². The maximum atomic E-state index is 9.19. The third-order valence-corrected chi connectivity index (χ3v) is 3.22. The summed E-state index contributed by atoms with van der Waals surface area (Å²) >= 11 is 0. The molecule has 0 saturated heterocycles. The predicted octanol–water partition coefficient (Wildman–Crippen LogP) is 1.52. The number of hydrogen-bond acceptors (Lipinski definition) is 4. The van der Waals surface area contributed by atoms with E-state index in [0.29, 0.717) is 18.0 Å². The zero-order valence-corrected chi connectivity index (χ0v) is 9.69. The molecule has 0 aromatic heterocycles. The molecule has 0 bridgehead atoms. The quantitative estimate of drug-likeness (QED) is 0.686. The molecule has 0 radical (unpaired) electrons. The van der Waals surface area contributed by atoms with E-state index in [1.807, 2.05) is 18.2 Å². The van der Waals surface area contributed by atoms with Gasteiger partial charge in [-0.05, 0) is 42.5 Å². The Bertz CT molecular complexity index is 433. The Kier molecular flexibility index (Phi) is 3.50. The van der Waals surface area contributed by atoms with Crippen LogP contribution in [-0.2, 0) is 6.42 Å². The monoisotopic (exact) mass is 231 g/mol. The van der Waals surface area contributed by atoms with Crippen LogP contribution in [0.1, 0.15) is 18.4 Å². The summed E-state index contributed by atoms with van der Waals surface area (Å²) in [6.45, 7) is 0.868. The summed E-state index contributed by atoms with van der Waals surface area (Å²) in [5.74, 6) is 0.557. The zero-order valence-electron chi connectivity index (χ0n) is 9.69. The largest absolute Gasteiger partial charge is 0.398 e. The van der Waals surface area contributed by atoms with Gasteiger partial charge in [0.05, 0.1) is 18.6 Å². The molecule has 1 saturated carbocycles. The van der Waals surface area contributed by atoms with Gasteiger partial charge in [-0.3, -0.25) is 0 Å². The fourth-order valence-corrected chi connectivity index (χ4v) is 2.08. The van der Waals surface area contributed by atoms with Crippen LogP contribution in [0.4, 0.5) is 11.4 Å². The van der Waals surface area contributed by atoms with Crippen LogP contribution in [-0.4, -0.2) is 17.8 Å². The molecule has 0 amide bonds. The second-order valence-corrected chi connectivity index (χ2v) is 4.62. The zero-order chi connectivity index (χ0) is 12.3. The van der Waals surface area contributed by atoms with Crippen molar-refractivity contribution in [1.29, 1.82) is 5.26 Å². The first kappa shape index (κ1) is 11.7. The number of rotatable bonds is 4. The Labute approximate surface area is 101 Å². The Balaban J connectivity index is 1.92. The maximum absolute atomic E-state index is 9.19. The Hall–Kier alpha value is -1.73. The standard InChI is InChI=1S/C13H17N3O/c14-4-3-10-7-11(1-2-13(10)15)16-8-9-5-12(17)6-9/h1-2,7,9,12,16-17H,3,5-6,8,15H2. The molecule has 0 unspecified atom stereocenters. The van der Waals surface area contributed by atoms with Gasteiger partial charge in [-0.25, -0.2) is 0 Å². The Morgan fingerprint density at radius 3 is 2.88 bits per heavy atom. The highest BCUT2D eigenvalue weighted by Gasteiger charge is 2.26. The molecule has 1 aromatic rings. The summed E-state index contributed by atoms with van der Waals surface area (Å²) < 4.78 is 0. The van der Waals surface area contributed by atoms with Gasteiger partial charge in [-0.1, -0.05) is 0 Å². The van der Waals surface area contributed by atoms with Crippen molar-refractivity contribution in [2.45, 2.75) is 25.4 Å². The van der Waals surface area contributed by atoms with Crippen LogP contribution in [0.25, 0.3) is 0 Å². The topological polar surface area (TPSA) is 82.1 Å². The molecular formula is C13H17N3O. The Morgan fingerprint density at radius 2 is 2.24 bits per heavy atom. The maximum Gasteiger partial charge on any atom is 0.0670 e. The summed E-state index contributed by atoms with van der Waals surface area (Å²) in [7, 11) is 0. The van der Waals surface area contributed by atoms with E-state index in [2.05, 4.69) is 11.4 Å². The van der Waals surface area contributed by atoms with Gasteiger partial charge in [0.2, 0.25) is 0 Å². The number of hydrogen-bond donors (Lipinski definition) is 3. The molecule has 0 aliphatic heterocycles. The molecule has 17 heavy (non-hydrogen) atoms. The van der Waals surface area contributed by atoms with Gasteiger partial charge in [0.25, 0.3) is 0 Å². The van der Waals surface area contributed by atoms with Gasteiger partial charge in [-0.2, -0.15) is 5.26 Å². The minimum atomic E-state index is -0.109. The molecule has 1 aliphatic rings. The van der Waals surface area contributed by atoms with Gasteiger partial charge in [0, 0.05) is 17.9 Å². The highest BCUT2D eigenvalue weighted by Crippen LogP contribution is 2.27. The number of benzene rings is 1. The third-order valence-electron chi connectivity index (χ3n) is 3.22. The Morgan fingerprint density at radius 1 is 1.47 bits per heavy atom. The van der Waals surface area contributed by atoms with Gasteiger partial charge >= 0.3 is 0 Å². The van der Waals surface area contributed by atoms with Crippen molar-refractivity contribution < 1.29 is 5.11 Å². The van der Waals surface area contributed by atoms with Gasteiger partial charge in [-0.15, -0.1) is 0 Å². The first-order valence-electron chi connectivity index (χ1n) is 5.86. The molecule has 1 fully saturated rings. The van der Waals surface area contributed by atoms with Crippen molar-refractivity contribution in [3.8, 4) is 6.07 Å². The second-order valence-electron chi connectivity index (χ2n) is 4.62. The van der Waals surface area contributed by atoms with Crippen LogP contribution in [0, 0.1) is 17.2 Å². The average Bonchev–Trinajstić information content (AvgIpc) is 2.27. The molecule has 1 aliphatic carbocycles. The summed E-state index contributed by atoms with van der Waals surface area (Å²) in [5.41, 5.74) is 8.30. The molecule has 2 rings (SSSR count). The van der Waals surface area contributed by atoms with Crippen molar-refractivity contribution in [2.24, 2.45) is 5.92 Å². The lowest BCUT2D eigenvalue weighted by molar-refractivity contribution is 0.0487. The minimum absolute atomic E-state index is 0.109. The normalized spacial score (nSPS) is 22.6. The average molecular weight is 231 g/mol. The van der Waals surface area contributed by atoms with E-state index in [4.69, 9.17) is 11.0 Å². The molecule has 0 spiro atoms. The lowest BCUT2D eigenvalue weighted by Crippen LogP contribution is -2.33. The predicted molar refractivity (Wildman–Crippen MR) is 67.4 cm³/mol. The highest BCUT2D eigenvalue weighted by atomic mass is 16.3. The number of nitrogens with zero attached hydrogens (tertiary/aromatic N) is 1. The van der Waals surface area contributed by atoms with Gasteiger partial charge in [0.1, 0.15) is 0 Å². The number of aliphatic hydroxyl groups excluding tert-OH is 1. The minimum Gasteiger partial charge on any atom is -0.398 e. The first-order valence-corrected chi connectivity index (χ1v) is 5.86. The van der Waals surface area contributed by atoms with Gasteiger partial charge in [0.15, 0.2) is 0 Å². The number of nitrogens with one attached hydrogen (secondary N) is 1. The van der Waals surface area contributed by atoms with E-state index in [0.717, 1.165) is 30.6 Å². The summed E-state index contributed by atoms with van der Waals surface area (Å²) in [6, 6.07) is 7.77. The van der Waals surface area contributed by atoms with Crippen LogP contribution in [0.5, 0.6) is 0 Å². The fraction of sp³-hybridized carbons (Fsp3) is 0.462. The molecule has 4 N–H and O–H groups in total. The summed E-state index contributed by atoms with van der Waals surface area (Å²) in [5, 5.41) is 21.2. The van der Waals surface area contributed by atoms with Crippen molar-refractivity contribution in [3.63, 3.8) is 0 Å². The van der Waals surface area contributed by atoms with E-state index in [1.165, 1.54) is 0 Å². The number of nitriles is 1. The molecule has 4 heteroatoms. The van der Waals surface area contributed by atoms with Crippen LogP contribution in [0.15, 0.2) is 18.2 Å². The number of anilines is 2. The molecule has 1 aromatic carbocycles. The smallest absolute Gasteiger partial charge is 0.0670 e. The number of nitrogen functional groups attached to an aromatic ring is 1. The van der Waals surface area contributed by atoms with E-state index in [1.54, 1.807) is 0 Å². The summed E-state index contributed by atoms with van der Waals surface area (Å²) in [6.07, 6.45) is 1.99. The third kappa shape index (κ3) is 2.89. The molecule has 4 nitrogen and oxygen atoms in total.